The summed E-state index contributed by atoms with van der Waals surface area (Å²) < 4.78 is 18.5. The summed E-state index contributed by atoms with van der Waals surface area (Å²) in [6, 6.07) is 6.50. The topological polar surface area (TPSA) is 45.1 Å². The van der Waals surface area contributed by atoms with Crippen LogP contribution < -0.4 is 0 Å². The van der Waals surface area contributed by atoms with Gasteiger partial charge in [0.05, 0.1) is 18.7 Å². The molecule has 0 spiro atoms. The highest BCUT2D eigenvalue weighted by atomic mass is 19.1. The van der Waals surface area contributed by atoms with Gasteiger partial charge in [-0.3, -0.25) is 4.90 Å². The van der Waals surface area contributed by atoms with E-state index in [9.17, 15) is 9.18 Å². The average molecular weight is 405 g/mol. The molecule has 2 heterocycles. The summed E-state index contributed by atoms with van der Waals surface area (Å²) in [6.07, 6.45) is 12.2. The number of hydrogen-bond donors (Lipinski definition) is 0. The maximum atomic E-state index is 13.4. The molecule has 1 aromatic rings. The molecule has 0 radical (unpaired) electrons. The summed E-state index contributed by atoms with van der Waals surface area (Å²) in [7, 11) is 1.65. The van der Waals surface area contributed by atoms with E-state index >= 15 is 0 Å². The van der Waals surface area contributed by atoms with Gasteiger partial charge in [-0.2, -0.15) is 0 Å². The number of amidine groups is 1. The van der Waals surface area contributed by atoms with Crippen LogP contribution in [0.2, 0.25) is 0 Å². The lowest BCUT2D eigenvalue weighted by molar-refractivity contribution is 0.145. The van der Waals surface area contributed by atoms with Crippen LogP contribution in [0, 0.1) is 17.7 Å². The number of carbonyl (C=O) groups excluding carboxylic acids is 1. The summed E-state index contributed by atoms with van der Waals surface area (Å²) in [6.45, 7) is 1.11. The summed E-state index contributed by atoms with van der Waals surface area (Å²) in [5, 5.41) is 0. The van der Waals surface area contributed by atoms with Crippen LogP contribution in [0.5, 0.6) is 0 Å². The van der Waals surface area contributed by atoms with Gasteiger partial charge in [0.25, 0.3) is 0 Å². The minimum atomic E-state index is -0.316. The molecule has 0 N–H and O–H groups in total. The molecule has 30 heavy (non-hydrogen) atoms. The molecule has 3 aliphatic rings. The Labute approximate surface area is 176 Å². The molecular formula is C24H24FN3O2. The standard InChI is InChI=1S/C24H24FN3O2/c1-30-15-14-27-21-9-5-10-22(21)28(24(27)29)23-11-3-2-6-19(17-26-23)13-12-18-7-4-8-20(25)16-18/h2-4,6-8,11,16-17,21-22H,5,9-10,14-15H2,1H3/b3-2?,6-2+,11-3+,19-6?,19-17+,23-11?,26-17?,26-23+/t21-,22+/m0/s1. The molecule has 0 aromatic heterocycles. The van der Waals surface area contributed by atoms with Crippen molar-refractivity contribution in [2.75, 3.05) is 20.3 Å². The molecule has 1 aliphatic carbocycles. The summed E-state index contributed by atoms with van der Waals surface area (Å²) in [5.41, 5.74) is 1.29. The molecule has 1 aromatic carbocycles. The fraction of sp³-hybridized carbons (Fsp3) is 0.333. The summed E-state index contributed by atoms with van der Waals surface area (Å²) in [4.78, 5) is 21.4. The summed E-state index contributed by atoms with van der Waals surface area (Å²) in [5.74, 6) is 6.28. The normalized spacial score (nSPS) is 28.4. The molecular weight excluding hydrogens is 381 g/mol. The van der Waals surface area contributed by atoms with Gasteiger partial charge in [0.15, 0.2) is 0 Å². The Hall–Kier alpha value is -3.17. The number of methoxy groups -OCH3 is 1. The minimum absolute atomic E-state index is 0.0181. The molecule has 154 valence electrons. The smallest absolute Gasteiger partial charge is 0.326 e. The third kappa shape index (κ3) is 4.22. The zero-order chi connectivity index (χ0) is 20.9. The van der Waals surface area contributed by atoms with E-state index in [1.807, 2.05) is 34.1 Å². The molecule has 5 nitrogen and oxygen atoms in total. The zero-order valence-corrected chi connectivity index (χ0v) is 16.9. The van der Waals surface area contributed by atoms with Gasteiger partial charge in [-0.15, -0.1) is 0 Å². The number of carbonyl (C=O) groups is 1. The maximum Gasteiger partial charge on any atom is 0.326 e. The molecule has 0 bridgehead atoms. The Bertz CT molecular complexity index is 999. The average Bonchev–Trinajstić information content (AvgIpc) is 3.27. The van der Waals surface area contributed by atoms with Crippen LogP contribution in [0.4, 0.5) is 9.18 Å². The number of nitrogens with zero attached hydrogens (tertiary/aromatic N) is 3. The second kappa shape index (κ2) is 9.10. The fourth-order valence-electron chi connectivity index (χ4n) is 4.18. The van der Waals surface area contributed by atoms with E-state index in [1.165, 1.54) is 12.1 Å². The summed E-state index contributed by atoms with van der Waals surface area (Å²) >= 11 is 0. The Morgan fingerprint density at radius 2 is 2.03 bits per heavy atom. The number of aliphatic imine (C=N–C) groups is 1. The Morgan fingerprint density at radius 1 is 1.20 bits per heavy atom. The van der Waals surface area contributed by atoms with E-state index in [0.29, 0.717) is 30.1 Å². The van der Waals surface area contributed by atoms with Crippen molar-refractivity contribution in [2.45, 2.75) is 31.3 Å². The minimum Gasteiger partial charge on any atom is -0.383 e. The van der Waals surface area contributed by atoms with Gasteiger partial charge in [-0.05, 0) is 49.6 Å². The van der Waals surface area contributed by atoms with Crippen molar-refractivity contribution in [1.82, 2.24) is 9.80 Å². The SMILES string of the molecule is COCCN1C(=O)N(C2=N/C=C(C#Cc3cccc(F)c3)\C=C\C=C\2)[C@@H]2CCC[C@@H]21. The molecule has 2 fully saturated rings. The zero-order valence-electron chi connectivity index (χ0n) is 16.9. The Kier molecular flexibility index (Phi) is 6.10. The highest BCUT2D eigenvalue weighted by Gasteiger charge is 2.49. The van der Waals surface area contributed by atoms with Crippen LogP contribution >= 0.6 is 0 Å². The van der Waals surface area contributed by atoms with Crippen molar-refractivity contribution >= 4 is 11.9 Å². The van der Waals surface area contributed by atoms with Crippen molar-refractivity contribution < 1.29 is 13.9 Å². The van der Waals surface area contributed by atoms with E-state index < -0.39 is 0 Å². The van der Waals surface area contributed by atoms with E-state index in [-0.39, 0.29) is 23.9 Å². The van der Waals surface area contributed by atoms with E-state index in [1.54, 1.807) is 25.4 Å². The predicted molar refractivity (Wildman–Crippen MR) is 114 cm³/mol. The van der Waals surface area contributed by atoms with Crippen LogP contribution in [0.1, 0.15) is 24.8 Å². The molecule has 0 unspecified atom stereocenters. The monoisotopic (exact) mass is 405 g/mol. The van der Waals surface area contributed by atoms with Crippen LogP contribution in [-0.4, -0.2) is 54.0 Å². The molecule has 2 atom stereocenters. The predicted octanol–water partition coefficient (Wildman–Crippen LogP) is 3.89. The molecule has 2 amide bonds. The third-order valence-electron chi connectivity index (χ3n) is 5.55. The number of rotatable bonds is 3. The molecule has 6 heteroatoms. The van der Waals surface area contributed by atoms with Crippen molar-refractivity contribution in [3.05, 3.63) is 71.7 Å². The van der Waals surface area contributed by atoms with Crippen molar-refractivity contribution in [3.8, 4) is 11.8 Å². The highest BCUT2D eigenvalue weighted by Crippen LogP contribution is 2.36. The maximum absolute atomic E-state index is 13.4. The van der Waals surface area contributed by atoms with E-state index in [2.05, 4.69) is 16.8 Å². The van der Waals surface area contributed by atoms with Gasteiger partial charge in [0, 0.05) is 31.0 Å². The van der Waals surface area contributed by atoms with E-state index in [0.717, 1.165) is 19.3 Å². The van der Waals surface area contributed by atoms with Gasteiger partial charge >= 0.3 is 6.03 Å². The molecule has 1 saturated heterocycles. The van der Waals surface area contributed by atoms with Gasteiger partial charge in [-0.25, -0.2) is 14.2 Å². The first-order valence-corrected chi connectivity index (χ1v) is 10.2. The Balaban J connectivity index is 1.59. The first kappa shape index (κ1) is 20.1. The van der Waals surface area contributed by atoms with Crippen molar-refractivity contribution in [3.63, 3.8) is 0 Å². The van der Waals surface area contributed by atoms with Gasteiger partial charge in [-0.1, -0.05) is 30.1 Å². The number of halogens is 1. The quantitative estimate of drug-likeness (QED) is 0.717. The number of urea groups is 1. The lowest BCUT2D eigenvalue weighted by Crippen LogP contribution is -2.39. The number of hydrogen-bond acceptors (Lipinski definition) is 3. The first-order chi connectivity index (χ1) is 14.7. The third-order valence-corrected chi connectivity index (χ3v) is 5.55. The number of benzene rings is 1. The lowest BCUT2D eigenvalue weighted by atomic mass is 10.1. The number of allylic oxidation sites excluding steroid dienone is 4. The highest BCUT2D eigenvalue weighted by molar-refractivity contribution is 6.06. The fourth-order valence-corrected chi connectivity index (χ4v) is 4.18. The second-order valence-electron chi connectivity index (χ2n) is 7.45. The molecule has 4 rings (SSSR count). The van der Waals surface area contributed by atoms with Gasteiger partial charge < -0.3 is 9.64 Å². The van der Waals surface area contributed by atoms with Crippen LogP contribution in [0.3, 0.4) is 0 Å². The first-order valence-electron chi connectivity index (χ1n) is 10.2. The number of ether oxygens (including phenoxy) is 1. The Morgan fingerprint density at radius 3 is 2.87 bits per heavy atom. The second-order valence-corrected chi connectivity index (χ2v) is 7.45. The number of fused-ring (bicyclic) bond motifs is 1. The van der Waals surface area contributed by atoms with Gasteiger partial charge in [0.2, 0.25) is 0 Å². The van der Waals surface area contributed by atoms with Crippen LogP contribution in [0.25, 0.3) is 0 Å². The lowest BCUT2D eigenvalue weighted by Gasteiger charge is -2.22. The van der Waals surface area contributed by atoms with Gasteiger partial charge in [0.1, 0.15) is 11.7 Å². The van der Waals surface area contributed by atoms with Crippen LogP contribution in [-0.2, 0) is 4.74 Å². The molecule has 2 aliphatic heterocycles. The van der Waals surface area contributed by atoms with Crippen molar-refractivity contribution in [2.24, 2.45) is 4.99 Å². The van der Waals surface area contributed by atoms with Crippen molar-refractivity contribution in [1.29, 1.82) is 0 Å². The molecule has 1 saturated carbocycles. The van der Waals surface area contributed by atoms with E-state index in [4.69, 9.17) is 4.74 Å². The van der Waals surface area contributed by atoms with Crippen LogP contribution in [0.15, 0.2) is 65.3 Å². The number of amides is 2. The largest absolute Gasteiger partial charge is 0.383 e.